The Kier molecular flexibility index (Phi) is 59.3. The Morgan fingerprint density at radius 3 is 0.878 bits per heavy atom. The van der Waals surface area contributed by atoms with Crippen LogP contribution in [0.25, 0.3) is 0 Å². The molecule has 0 heterocycles. The molecule has 0 radical (unpaired) electrons. The lowest BCUT2D eigenvalue weighted by atomic mass is 10.0. The van der Waals surface area contributed by atoms with E-state index in [2.05, 4.69) is 99.8 Å². The second-order valence-electron chi connectivity index (χ2n) is 20.9. The van der Waals surface area contributed by atoms with Gasteiger partial charge in [-0.05, 0) is 83.5 Å². The molecule has 74 heavy (non-hydrogen) atoms. The molecule has 0 saturated carbocycles. The van der Waals surface area contributed by atoms with Crippen molar-refractivity contribution in [2.45, 2.75) is 316 Å². The summed E-state index contributed by atoms with van der Waals surface area (Å²) in [6, 6.07) is 0. The molecule has 6 nitrogen and oxygen atoms in total. The second kappa shape index (κ2) is 62.1. The third-order valence-corrected chi connectivity index (χ3v) is 13.6. The predicted octanol–water partition coefficient (Wildman–Crippen LogP) is 21.5. The number of carbonyl (C=O) groups is 3. The Morgan fingerprint density at radius 2 is 0.554 bits per heavy atom. The maximum Gasteiger partial charge on any atom is 0.306 e. The molecule has 0 amide bonds. The van der Waals surface area contributed by atoms with E-state index in [9.17, 15) is 14.4 Å². The predicted molar refractivity (Wildman–Crippen MR) is 321 cm³/mol. The van der Waals surface area contributed by atoms with E-state index in [1.54, 1.807) is 0 Å². The minimum absolute atomic E-state index is 0.107. The number of ether oxygens (including phenoxy) is 3. The van der Waals surface area contributed by atoms with Gasteiger partial charge in [-0.3, -0.25) is 14.4 Å². The van der Waals surface area contributed by atoms with Crippen molar-refractivity contribution in [3.8, 4) is 0 Å². The molecular weight excluding hydrogens is 913 g/mol. The lowest BCUT2D eigenvalue weighted by Gasteiger charge is -2.18. The van der Waals surface area contributed by atoms with Crippen molar-refractivity contribution in [1.29, 1.82) is 0 Å². The molecule has 0 aliphatic rings. The largest absolute Gasteiger partial charge is 0.462 e. The fraction of sp³-hybridized carbons (Fsp3) is 0.750. The lowest BCUT2D eigenvalue weighted by molar-refractivity contribution is -0.166. The maximum atomic E-state index is 12.9. The van der Waals surface area contributed by atoms with Gasteiger partial charge in [0.2, 0.25) is 0 Å². The molecule has 0 saturated heterocycles. The van der Waals surface area contributed by atoms with Crippen molar-refractivity contribution in [3.63, 3.8) is 0 Å². The van der Waals surface area contributed by atoms with Crippen molar-refractivity contribution >= 4 is 17.9 Å². The number of hydrogen-bond donors (Lipinski definition) is 0. The van der Waals surface area contributed by atoms with E-state index in [4.69, 9.17) is 14.2 Å². The van der Waals surface area contributed by atoms with Crippen molar-refractivity contribution in [2.24, 2.45) is 0 Å². The zero-order chi connectivity index (χ0) is 53.6. The smallest absolute Gasteiger partial charge is 0.306 e. The van der Waals surface area contributed by atoms with Crippen LogP contribution in [0.5, 0.6) is 0 Å². The molecule has 0 aliphatic carbocycles. The molecule has 0 aromatic carbocycles. The second-order valence-corrected chi connectivity index (χ2v) is 20.9. The van der Waals surface area contributed by atoms with Gasteiger partial charge in [0, 0.05) is 19.3 Å². The fourth-order valence-corrected chi connectivity index (χ4v) is 8.94. The third kappa shape index (κ3) is 59.5. The lowest BCUT2D eigenvalue weighted by Crippen LogP contribution is -2.30. The molecule has 0 N–H and O–H groups in total. The molecule has 0 aliphatic heterocycles. The van der Waals surface area contributed by atoms with Gasteiger partial charge in [-0.1, -0.05) is 292 Å². The summed E-state index contributed by atoms with van der Waals surface area (Å²) in [5.41, 5.74) is 0. The van der Waals surface area contributed by atoms with Gasteiger partial charge in [0.05, 0.1) is 0 Å². The highest BCUT2D eigenvalue weighted by molar-refractivity contribution is 5.71. The summed E-state index contributed by atoms with van der Waals surface area (Å²) in [6.45, 7) is 6.49. The zero-order valence-corrected chi connectivity index (χ0v) is 48.8. The minimum atomic E-state index is -0.820. The van der Waals surface area contributed by atoms with Gasteiger partial charge in [-0.25, -0.2) is 0 Å². The van der Waals surface area contributed by atoms with Gasteiger partial charge in [-0.2, -0.15) is 0 Å². The zero-order valence-electron chi connectivity index (χ0n) is 48.8. The first-order valence-corrected chi connectivity index (χ1v) is 31.6. The van der Waals surface area contributed by atoms with E-state index < -0.39 is 12.1 Å². The topological polar surface area (TPSA) is 78.9 Å². The summed E-state index contributed by atoms with van der Waals surface area (Å²) in [4.78, 5) is 38.3. The number of esters is 3. The van der Waals surface area contributed by atoms with Gasteiger partial charge in [0.25, 0.3) is 0 Å². The fourth-order valence-electron chi connectivity index (χ4n) is 8.94. The highest BCUT2D eigenvalue weighted by Crippen LogP contribution is 2.17. The average molecular weight is 1030 g/mol. The number of allylic oxidation sites excluding steroid dienone is 14. The van der Waals surface area contributed by atoms with Gasteiger partial charge in [0.1, 0.15) is 13.2 Å². The Labute approximate surface area is 458 Å². The van der Waals surface area contributed by atoms with Gasteiger partial charge in [0.15, 0.2) is 6.10 Å². The molecule has 6 heteroatoms. The van der Waals surface area contributed by atoms with E-state index in [0.29, 0.717) is 19.3 Å². The van der Waals surface area contributed by atoms with Crippen LogP contribution in [0.2, 0.25) is 0 Å². The average Bonchev–Trinajstić information content (AvgIpc) is 3.40. The molecule has 1 atom stereocenters. The van der Waals surface area contributed by atoms with Gasteiger partial charge < -0.3 is 14.2 Å². The summed E-state index contributed by atoms with van der Waals surface area (Å²) in [5, 5.41) is 0. The Morgan fingerprint density at radius 1 is 0.284 bits per heavy atom. The van der Waals surface area contributed by atoms with Crippen LogP contribution < -0.4 is 0 Å². The van der Waals surface area contributed by atoms with E-state index in [1.165, 1.54) is 180 Å². The highest BCUT2D eigenvalue weighted by Gasteiger charge is 2.19. The quantitative estimate of drug-likeness (QED) is 0.0261. The highest BCUT2D eigenvalue weighted by atomic mass is 16.6. The van der Waals surface area contributed by atoms with Crippen LogP contribution in [0.1, 0.15) is 310 Å². The minimum Gasteiger partial charge on any atom is -0.462 e. The maximum absolute atomic E-state index is 12.9. The van der Waals surface area contributed by atoms with Crippen molar-refractivity contribution < 1.29 is 28.6 Å². The van der Waals surface area contributed by atoms with Gasteiger partial charge >= 0.3 is 17.9 Å². The molecular formula is C68H118O6. The summed E-state index contributed by atoms with van der Waals surface area (Å²) in [5.74, 6) is -0.987. The normalized spacial score (nSPS) is 12.6. The first-order chi connectivity index (χ1) is 36.5. The van der Waals surface area contributed by atoms with Crippen molar-refractivity contribution in [3.05, 3.63) is 85.1 Å². The van der Waals surface area contributed by atoms with E-state index in [0.717, 1.165) is 83.5 Å². The molecule has 426 valence electrons. The molecule has 0 aromatic heterocycles. The number of hydrogen-bond acceptors (Lipinski definition) is 6. The molecule has 0 rings (SSSR count). The van der Waals surface area contributed by atoms with Crippen molar-refractivity contribution in [1.82, 2.24) is 0 Å². The summed E-state index contributed by atoms with van der Waals surface area (Å²) in [7, 11) is 0. The van der Waals surface area contributed by atoms with Crippen LogP contribution in [-0.2, 0) is 28.6 Å². The monoisotopic (exact) mass is 1030 g/mol. The Bertz CT molecular complexity index is 1420. The van der Waals surface area contributed by atoms with Gasteiger partial charge in [-0.15, -0.1) is 0 Å². The molecule has 0 fully saturated rings. The van der Waals surface area contributed by atoms with E-state index in [1.807, 2.05) is 6.08 Å². The number of carbonyl (C=O) groups excluding carboxylic acids is 3. The number of rotatable bonds is 57. The molecule has 0 bridgehead atoms. The number of unbranched alkanes of at least 4 members (excludes halogenated alkanes) is 32. The van der Waals surface area contributed by atoms with Crippen LogP contribution >= 0.6 is 0 Å². The SMILES string of the molecule is CC/C=C\C/C=C\C/C=C\C/C=C\C/C=C\C/C=C\CCC(=O)OC(COC(=O)CCCCCCC/C=C\CCCCCCCCC)COC(=O)CCCCCCCCCCCCCCCCCCCCCCC. The third-order valence-electron chi connectivity index (χ3n) is 13.6. The Hall–Kier alpha value is -3.41. The van der Waals surface area contributed by atoms with Crippen LogP contribution in [0.15, 0.2) is 85.1 Å². The van der Waals surface area contributed by atoms with Crippen LogP contribution in [0, 0.1) is 0 Å². The first-order valence-electron chi connectivity index (χ1n) is 31.6. The summed E-state index contributed by atoms with van der Waals surface area (Å²) < 4.78 is 16.8. The first kappa shape index (κ1) is 70.6. The van der Waals surface area contributed by atoms with Crippen LogP contribution in [-0.4, -0.2) is 37.2 Å². The molecule has 1 unspecified atom stereocenters. The molecule has 0 aromatic rings. The molecule has 0 spiro atoms. The summed E-state index contributed by atoms with van der Waals surface area (Å²) >= 11 is 0. The van der Waals surface area contributed by atoms with E-state index >= 15 is 0 Å². The summed E-state index contributed by atoms with van der Waals surface area (Å²) in [6.07, 6.45) is 81.7. The standard InChI is InChI=1S/C68H118O6/c1-4-7-10-13-16-19-22-25-28-31-33-34-36-37-40-43-46-49-52-55-58-61-67(70)73-64-65(63-72-66(69)60-57-54-51-48-45-42-39-30-27-24-21-18-15-12-9-6-3)74-68(71)62-59-56-53-50-47-44-41-38-35-32-29-26-23-20-17-14-11-8-5-2/h8,11,17,20,26,29-30,35,38-39,44,47,53,56,65H,4-7,9-10,12-16,18-19,21-25,27-28,31-34,36-37,40-43,45-46,48-52,54-55,57-64H2,1-3H3/b11-8-,20-17-,29-26-,38-35-,39-30-,47-44-,56-53-. The van der Waals surface area contributed by atoms with Crippen LogP contribution in [0.4, 0.5) is 0 Å². The van der Waals surface area contributed by atoms with Crippen molar-refractivity contribution in [2.75, 3.05) is 13.2 Å². The van der Waals surface area contributed by atoms with E-state index in [-0.39, 0.29) is 31.6 Å². The van der Waals surface area contributed by atoms with Crippen LogP contribution in [0.3, 0.4) is 0 Å². The Balaban J connectivity index is 4.45.